The van der Waals surface area contributed by atoms with Crippen molar-refractivity contribution in [3.8, 4) is 0 Å². The molecule has 2 atom stereocenters. The molecule has 0 amide bonds. The molecule has 0 heterocycles. The van der Waals surface area contributed by atoms with Crippen LogP contribution in [0.4, 0.5) is 0 Å². The summed E-state index contributed by atoms with van der Waals surface area (Å²) in [6, 6.07) is 0. The van der Waals surface area contributed by atoms with E-state index in [1.54, 1.807) is 0 Å². The Hall–Kier alpha value is -0.260. The van der Waals surface area contributed by atoms with Crippen molar-refractivity contribution in [2.24, 2.45) is 28.2 Å². The zero-order chi connectivity index (χ0) is 23.6. The third-order valence-corrected chi connectivity index (χ3v) is 8.46. The maximum atomic E-state index is 11.0. The van der Waals surface area contributed by atoms with E-state index in [2.05, 4.69) is 16.4 Å². The molecule has 0 saturated heterocycles. The van der Waals surface area contributed by atoms with Crippen LogP contribution in [0, 0.1) is 16.7 Å². The summed E-state index contributed by atoms with van der Waals surface area (Å²) in [7, 11) is -6.11. The van der Waals surface area contributed by atoms with Crippen molar-refractivity contribution in [1.82, 2.24) is 9.44 Å². The number of hydrogen-bond acceptors (Lipinski definition) is 6. The fourth-order valence-corrected chi connectivity index (χ4v) is 6.09. The SMILES string of the molecule is CC1CCCC(CN)(CCNS(C)(=O)=O)C1.CS(=O)(=O)NCCC1(CN)CCCCC1. The molecule has 10 heteroatoms. The van der Waals surface area contributed by atoms with Crippen LogP contribution in [0.2, 0.25) is 0 Å². The number of nitrogens with one attached hydrogen (secondary N) is 2. The predicted octanol–water partition coefficient (Wildman–Crippen LogP) is 1.92. The van der Waals surface area contributed by atoms with Crippen molar-refractivity contribution >= 4 is 20.0 Å². The molecular formula is C21H46N4O4S2. The molecule has 8 nitrogen and oxygen atoms in total. The van der Waals surface area contributed by atoms with Gasteiger partial charge in [-0.25, -0.2) is 26.3 Å². The van der Waals surface area contributed by atoms with Gasteiger partial charge in [-0.05, 0) is 68.4 Å². The monoisotopic (exact) mass is 482 g/mol. The van der Waals surface area contributed by atoms with Gasteiger partial charge in [-0.1, -0.05) is 39.0 Å². The van der Waals surface area contributed by atoms with Crippen molar-refractivity contribution in [2.75, 3.05) is 38.7 Å². The van der Waals surface area contributed by atoms with E-state index in [4.69, 9.17) is 11.5 Å². The number of rotatable bonds is 10. The fourth-order valence-electron chi connectivity index (χ4n) is 5.14. The lowest BCUT2D eigenvalue weighted by molar-refractivity contribution is 0.143. The molecule has 186 valence electrons. The molecule has 0 bridgehead atoms. The Kier molecular flexibility index (Phi) is 11.9. The van der Waals surface area contributed by atoms with E-state index >= 15 is 0 Å². The van der Waals surface area contributed by atoms with E-state index < -0.39 is 20.0 Å². The highest BCUT2D eigenvalue weighted by atomic mass is 32.2. The first-order valence-electron chi connectivity index (χ1n) is 11.6. The van der Waals surface area contributed by atoms with Gasteiger partial charge in [-0.3, -0.25) is 0 Å². The van der Waals surface area contributed by atoms with Crippen LogP contribution < -0.4 is 20.9 Å². The average Bonchev–Trinajstić information content (AvgIpc) is 2.67. The minimum atomic E-state index is -3.06. The number of sulfonamides is 2. The summed E-state index contributed by atoms with van der Waals surface area (Å²) in [5.74, 6) is 0.718. The van der Waals surface area contributed by atoms with E-state index in [1.807, 2.05) is 0 Å². The second-order valence-corrected chi connectivity index (χ2v) is 13.7. The lowest BCUT2D eigenvalue weighted by Gasteiger charge is -2.39. The highest BCUT2D eigenvalue weighted by molar-refractivity contribution is 7.89. The molecule has 31 heavy (non-hydrogen) atoms. The third-order valence-electron chi connectivity index (χ3n) is 7.00. The van der Waals surface area contributed by atoms with Crippen LogP contribution in [0.3, 0.4) is 0 Å². The zero-order valence-corrected chi connectivity index (χ0v) is 21.4. The number of nitrogens with two attached hydrogens (primary N) is 2. The topological polar surface area (TPSA) is 144 Å². The van der Waals surface area contributed by atoms with Crippen LogP contribution in [0.15, 0.2) is 0 Å². The smallest absolute Gasteiger partial charge is 0.208 e. The molecule has 0 aliphatic heterocycles. The highest BCUT2D eigenvalue weighted by Gasteiger charge is 2.33. The maximum Gasteiger partial charge on any atom is 0.208 e. The van der Waals surface area contributed by atoms with Gasteiger partial charge in [0.25, 0.3) is 0 Å². The summed E-state index contributed by atoms with van der Waals surface area (Å²) in [6.45, 7) is 4.65. The third kappa shape index (κ3) is 12.0. The first kappa shape index (κ1) is 28.8. The molecule has 6 N–H and O–H groups in total. The Balaban J connectivity index is 0.000000311. The Labute approximate surface area is 190 Å². The lowest BCUT2D eigenvalue weighted by atomic mass is 9.68. The van der Waals surface area contributed by atoms with Crippen LogP contribution >= 0.6 is 0 Å². The van der Waals surface area contributed by atoms with Gasteiger partial charge in [0, 0.05) is 13.1 Å². The summed E-state index contributed by atoms with van der Waals surface area (Å²) < 4.78 is 48.9. The van der Waals surface area contributed by atoms with Crippen LogP contribution in [-0.2, 0) is 20.0 Å². The molecule has 2 rings (SSSR count). The largest absolute Gasteiger partial charge is 0.330 e. The first-order chi connectivity index (χ1) is 14.3. The molecule has 2 unspecified atom stereocenters. The van der Waals surface area contributed by atoms with Crippen LogP contribution in [-0.4, -0.2) is 55.5 Å². The number of hydrogen-bond donors (Lipinski definition) is 4. The molecular weight excluding hydrogens is 436 g/mol. The predicted molar refractivity (Wildman–Crippen MR) is 129 cm³/mol. The van der Waals surface area contributed by atoms with Gasteiger partial charge in [-0.2, -0.15) is 0 Å². The molecule has 2 fully saturated rings. The summed E-state index contributed by atoms with van der Waals surface area (Å²) in [6.07, 6.45) is 15.0. The first-order valence-corrected chi connectivity index (χ1v) is 15.4. The van der Waals surface area contributed by atoms with Crippen molar-refractivity contribution in [1.29, 1.82) is 0 Å². The Morgan fingerprint density at radius 1 is 0.774 bits per heavy atom. The average molecular weight is 483 g/mol. The van der Waals surface area contributed by atoms with Crippen molar-refractivity contribution < 1.29 is 16.8 Å². The minimum absolute atomic E-state index is 0.162. The van der Waals surface area contributed by atoms with Gasteiger partial charge in [0.15, 0.2) is 0 Å². The van der Waals surface area contributed by atoms with Crippen LogP contribution in [0.5, 0.6) is 0 Å². The van der Waals surface area contributed by atoms with Crippen molar-refractivity contribution in [3.63, 3.8) is 0 Å². The van der Waals surface area contributed by atoms with E-state index in [0.717, 1.165) is 44.4 Å². The summed E-state index contributed by atoms with van der Waals surface area (Å²) in [4.78, 5) is 0. The van der Waals surface area contributed by atoms with Gasteiger partial charge in [-0.15, -0.1) is 0 Å². The summed E-state index contributed by atoms with van der Waals surface area (Å²) in [5, 5.41) is 0. The Bertz CT molecular complexity index is 722. The van der Waals surface area contributed by atoms with E-state index in [-0.39, 0.29) is 10.8 Å². The Morgan fingerprint density at radius 2 is 1.23 bits per heavy atom. The molecule has 0 aromatic carbocycles. The van der Waals surface area contributed by atoms with Crippen LogP contribution in [0.25, 0.3) is 0 Å². The Morgan fingerprint density at radius 3 is 1.65 bits per heavy atom. The molecule has 0 aromatic rings. The highest BCUT2D eigenvalue weighted by Crippen LogP contribution is 2.41. The maximum absolute atomic E-state index is 11.0. The normalized spacial score (nSPS) is 26.7. The second kappa shape index (κ2) is 12.8. The quantitative estimate of drug-likeness (QED) is 0.374. The van der Waals surface area contributed by atoms with Gasteiger partial charge in [0.05, 0.1) is 12.5 Å². The summed E-state index contributed by atoms with van der Waals surface area (Å²) >= 11 is 0. The fraction of sp³-hybridized carbons (Fsp3) is 1.00. The van der Waals surface area contributed by atoms with Gasteiger partial charge in [0.1, 0.15) is 0 Å². The van der Waals surface area contributed by atoms with Gasteiger partial charge >= 0.3 is 0 Å². The molecule has 2 saturated carbocycles. The van der Waals surface area contributed by atoms with E-state index in [9.17, 15) is 16.8 Å². The molecule has 0 radical (unpaired) electrons. The van der Waals surface area contributed by atoms with E-state index in [1.165, 1.54) is 44.6 Å². The van der Waals surface area contributed by atoms with E-state index in [0.29, 0.717) is 26.2 Å². The molecule has 2 aliphatic carbocycles. The molecule has 0 aromatic heterocycles. The zero-order valence-electron chi connectivity index (χ0n) is 19.8. The van der Waals surface area contributed by atoms with Crippen molar-refractivity contribution in [2.45, 2.75) is 77.6 Å². The molecule has 2 aliphatic rings. The van der Waals surface area contributed by atoms with Crippen molar-refractivity contribution in [3.05, 3.63) is 0 Å². The second-order valence-electron chi connectivity index (χ2n) is 10.0. The lowest BCUT2D eigenvalue weighted by Crippen LogP contribution is -2.38. The van der Waals surface area contributed by atoms with Gasteiger partial charge in [0.2, 0.25) is 20.0 Å². The minimum Gasteiger partial charge on any atom is -0.330 e. The molecule has 0 spiro atoms. The van der Waals surface area contributed by atoms with Gasteiger partial charge < -0.3 is 11.5 Å². The van der Waals surface area contributed by atoms with Crippen LogP contribution in [0.1, 0.15) is 77.6 Å². The summed E-state index contributed by atoms with van der Waals surface area (Å²) in [5.41, 5.74) is 12.0. The standard InChI is InChI=1S/C11H24N2O2S.C10H22N2O2S/c1-10-4-3-5-11(8-10,9-12)6-7-13-16(2,14)15;1-15(13,14)12-8-7-10(9-11)5-3-2-4-6-10/h10,13H,3-9,12H2,1-2H3;12H,2-9,11H2,1H3.